The van der Waals surface area contributed by atoms with Gasteiger partial charge in [-0.1, -0.05) is 0 Å². The van der Waals surface area contributed by atoms with Crippen LogP contribution in [0.1, 0.15) is 0 Å². The summed E-state index contributed by atoms with van der Waals surface area (Å²) in [6.07, 6.45) is 2.80. The standard InChI is InChI=1S/C13H14N4O4/c1-21-11-4-2-9(3-5-11)15-13(20)16-10-6-14-17(7-10)8-12(18)19/h2-7H,8H2,1H3,(H,18,19)(H2,15,16,20). The van der Waals surface area contributed by atoms with Gasteiger partial charge in [0.25, 0.3) is 0 Å². The van der Waals surface area contributed by atoms with E-state index in [-0.39, 0.29) is 6.54 Å². The number of methoxy groups -OCH3 is 1. The molecule has 0 aliphatic heterocycles. The molecule has 0 aliphatic rings. The number of carboxylic acids is 1. The number of rotatable bonds is 5. The third-order valence-corrected chi connectivity index (χ3v) is 2.54. The second-order valence-electron chi connectivity index (χ2n) is 4.13. The van der Waals surface area contributed by atoms with Gasteiger partial charge in [0.2, 0.25) is 0 Å². The summed E-state index contributed by atoms with van der Waals surface area (Å²) < 4.78 is 6.23. The average molecular weight is 290 g/mol. The van der Waals surface area contributed by atoms with Crippen molar-refractivity contribution in [3.8, 4) is 5.75 Å². The molecule has 0 spiro atoms. The zero-order valence-corrected chi connectivity index (χ0v) is 11.2. The van der Waals surface area contributed by atoms with Crippen molar-refractivity contribution in [3.05, 3.63) is 36.7 Å². The van der Waals surface area contributed by atoms with Gasteiger partial charge in [-0.25, -0.2) is 4.79 Å². The minimum absolute atomic E-state index is 0.262. The Bertz CT molecular complexity index is 636. The van der Waals surface area contributed by atoms with E-state index >= 15 is 0 Å². The lowest BCUT2D eigenvalue weighted by Crippen LogP contribution is -2.19. The van der Waals surface area contributed by atoms with E-state index in [1.807, 2.05) is 0 Å². The van der Waals surface area contributed by atoms with E-state index in [4.69, 9.17) is 9.84 Å². The molecule has 1 heterocycles. The highest BCUT2D eigenvalue weighted by Crippen LogP contribution is 2.15. The normalized spacial score (nSPS) is 9.95. The van der Waals surface area contributed by atoms with Crippen LogP contribution in [0.2, 0.25) is 0 Å². The van der Waals surface area contributed by atoms with Gasteiger partial charge in [-0.3, -0.25) is 9.48 Å². The number of aromatic nitrogens is 2. The number of amides is 2. The van der Waals surface area contributed by atoms with Crippen molar-refractivity contribution in [2.75, 3.05) is 17.7 Å². The predicted molar refractivity (Wildman–Crippen MR) is 75.5 cm³/mol. The first-order valence-electron chi connectivity index (χ1n) is 6.03. The Balaban J connectivity index is 1.91. The molecule has 0 radical (unpaired) electrons. The number of nitrogens with zero attached hydrogens (tertiary/aromatic N) is 2. The number of aliphatic carboxylic acids is 1. The van der Waals surface area contributed by atoms with Gasteiger partial charge >= 0.3 is 12.0 Å². The van der Waals surface area contributed by atoms with Crippen LogP contribution in [0, 0.1) is 0 Å². The molecular formula is C13H14N4O4. The third-order valence-electron chi connectivity index (χ3n) is 2.54. The van der Waals surface area contributed by atoms with Crippen LogP contribution in [0.4, 0.5) is 16.2 Å². The monoisotopic (exact) mass is 290 g/mol. The van der Waals surface area contributed by atoms with Gasteiger partial charge in [0.15, 0.2) is 0 Å². The van der Waals surface area contributed by atoms with Crippen molar-refractivity contribution in [1.29, 1.82) is 0 Å². The summed E-state index contributed by atoms with van der Waals surface area (Å²) in [5.74, 6) is -0.316. The highest BCUT2D eigenvalue weighted by molar-refractivity contribution is 5.99. The summed E-state index contributed by atoms with van der Waals surface area (Å²) >= 11 is 0. The summed E-state index contributed by atoms with van der Waals surface area (Å²) in [5.41, 5.74) is 1.01. The molecule has 2 rings (SSSR count). The number of urea groups is 1. The number of hydrogen-bond acceptors (Lipinski definition) is 4. The maximum atomic E-state index is 11.8. The van der Waals surface area contributed by atoms with Gasteiger partial charge < -0.3 is 20.5 Å². The molecule has 0 atom stereocenters. The van der Waals surface area contributed by atoms with Crippen molar-refractivity contribution in [2.45, 2.75) is 6.54 Å². The molecule has 0 unspecified atom stereocenters. The second kappa shape index (κ2) is 6.42. The fourth-order valence-electron chi connectivity index (χ4n) is 1.62. The Hall–Kier alpha value is -3.03. The van der Waals surface area contributed by atoms with Gasteiger partial charge in [-0.2, -0.15) is 5.10 Å². The van der Waals surface area contributed by atoms with E-state index in [0.717, 1.165) is 0 Å². The molecule has 0 fully saturated rings. The van der Waals surface area contributed by atoms with Crippen LogP contribution in [0.5, 0.6) is 5.75 Å². The van der Waals surface area contributed by atoms with Crippen LogP contribution >= 0.6 is 0 Å². The quantitative estimate of drug-likeness (QED) is 0.776. The number of carboxylic acid groups (broad SMARTS) is 1. The molecule has 1 aromatic carbocycles. The molecule has 0 saturated heterocycles. The van der Waals surface area contributed by atoms with E-state index in [9.17, 15) is 9.59 Å². The highest BCUT2D eigenvalue weighted by Gasteiger charge is 2.06. The Morgan fingerprint density at radius 2 is 1.90 bits per heavy atom. The number of carbonyl (C=O) groups excluding carboxylic acids is 1. The lowest BCUT2D eigenvalue weighted by Gasteiger charge is -2.06. The molecule has 0 aliphatic carbocycles. The van der Waals surface area contributed by atoms with Crippen molar-refractivity contribution in [2.24, 2.45) is 0 Å². The zero-order valence-electron chi connectivity index (χ0n) is 11.2. The maximum absolute atomic E-state index is 11.8. The summed E-state index contributed by atoms with van der Waals surface area (Å²) in [5, 5.41) is 17.6. The number of nitrogens with one attached hydrogen (secondary N) is 2. The Morgan fingerprint density at radius 1 is 1.24 bits per heavy atom. The lowest BCUT2D eigenvalue weighted by atomic mass is 10.3. The SMILES string of the molecule is COc1ccc(NC(=O)Nc2cnn(CC(=O)O)c2)cc1. The Labute approximate surface area is 120 Å². The van der Waals surface area contributed by atoms with Gasteiger partial charge in [0.05, 0.1) is 19.0 Å². The summed E-state index contributed by atoms with van der Waals surface area (Å²) in [7, 11) is 1.56. The first-order chi connectivity index (χ1) is 10.1. The topological polar surface area (TPSA) is 105 Å². The minimum atomic E-state index is -1.01. The summed E-state index contributed by atoms with van der Waals surface area (Å²) in [4.78, 5) is 22.3. The van der Waals surface area contributed by atoms with Crippen LogP contribution < -0.4 is 15.4 Å². The van der Waals surface area contributed by atoms with Gasteiger partial charge in [-0.05, 0) is 24.3 Å². The number of hydrogen-bond donors (Lipinski definition) is 3. The molecule has 2 aromatic rings. The number of carbonyl (C=O) groups is 2. The molecule has 8 heteroatoms. The lowest BCUT2D eigenvalue weighted by molar-refractivity contribution is -0.137. The molecular weight excluding hydrogens is 276 g/mol. The van der Waals surface area contributed by atoms with Crippen molar-refractivity contribution in [1.82, 2.24) is 9.78 Å². The average Bonchev–Trinajstić information content (AvgIpc) is 2.85. The van der Waals surface area contributed by atoms with Crippen LogP contribution in [0.3, 0.4) is 0 Å². The molecule has 1 aromatic heterocycles. The van der Waals surface area contributed by atoms with Gasteiger partial charge in [0.1, 0.15) is 12.3 Å². The first kappa shape index (κ1) is 14.4. The van der Waals surface area contributed by atoms with Crippen LogP contribution in [0.25, 0.3) is 0 Å². The van der Waals surface area contributed by atoms with Crippen molar-refractivity contribution >= 4 is 23.4 Å². The molecule has 0 saturated carbocycles. The summed E-state index contributed by atoms with van der Waals surface area (Å²) in [6, 6.07) is 6.40. The van der Waals surface area contributed by atoms with E-state index in [1.165, 1.54) is 17.1 Å². The predicted octanol–water partition coefficient (Wildman–Crippen LogP) is 1.62. The number of ether oxygens (including phenoxy) is 1. The smallest absolute Gasteiger partial charge is 0.325 e. The maximum Gasteiger partial charge on any atom is 0.325 e. The fraction of sp³-hybridized carbons (Fsp3) is 0.154. The third kappa shape index (κ3) is 4.23. The molecule has 0 bridgehead atoms. The van der Waals surface area contributed by atoms with Crippen molar-refractivity contribution in [3.63, 3.8) is 0 Å². The molecule has 110 valence electrons. The summed E-state index contributed by atoms with van der Waals surface area (Å²) in [6.45, 7) is -0.262. The first-order valence-corrected chi connectivity index (χ1v) is 6.03. The fourth-order valence-corrected chi connectivity index (χ4v) is 1.62. The van der Waals surface area contributed by atoms with E-state index in [2.05, 4.69) is 15.7 Å². The molecule has 21 heavy (non-hydrogen) atoms. The Morgan fingerprint density at radius 3 is 2.52 bits per heavy atom. The van der Waals surface area contributed by atoms with Crippen LogP contribution in [0.15, 0.2) is 36.7 Å². The van der Waals surface area contributed by atoms with E-state index < -0.39 is 12.0 Å². The Kier molecular flexibility index (Phi) is 4.39. The van der Waals surface area contributed by atoms with Crippen LogP contribution in [-0.4, -0.2) is 34.0 Å². The van der Waals surface area contributed by atoms with Gasteiger partial charge in [-0.15, -0.1) is 0 Å². The number of benzene rings is 1. The van der Waals surface area contributed by atoms with Crippen LogP contribution in [-0.2, 0) is 11.3 Å². The molecule has 2 amide bonds. The highest BCUT2D eigenvalue weighted by atomic mass is 16.5. The largest absolute Gasteiger partial charge is 0.497 e. The van der Waals surface area contributed by atoms with Crippen molar-refractivity contribution < 1.29 is 19.4 Å². The molecule has 8 nitrogen and oxygen atoms in total. The van der Waals surface area contributed by atoms with E-state index in [1.54, 1.807) is 31.4 Å². The van der Waals surface area contributed by atoms with Gasteiger partial charge in [0, 0.05) is 11.9 Å². The number of anilines is 2. The second-order valence-corrected chi connectivity index (χ2v) is 4.13. The zero-order chi connectivity index (χ0) is 15.2. The molecule has 3 N–H and O–H groups in total. The minimum Gasteiger partial charge on any atom is -0.497 e. The van der Waals surface area contributed by atoms with E-state index in [0.29, 0.717) is 17.1 Å².